The maximum atomic E-state index is 5.64. The third-order valence-electron chi connectivity index (χ3n) is 4.92. The summed E-state index contributed by atoms with van der Waals surface area (Å²) in [5.41, 5.74) is 12.0. The van der Waals surface area contributed by atoms with E-state index in [0.29, 0.717) is 12.4 Å². The van der Waals surface area contributed by atoms with E-state index in [9.17, 15) is 0 Å². The van der Waals surface area contributed by atoms with Gasteiger partial charge < -0.3 is 16.0 Å². The standard InChI is InChI=1S/C26H29N5/c1-4-6-24-16-22-8-7-19(15-25(22)30-24)18-29-26(13-14-28-3)31-23-11-9-21(10-12-23)20(5-2)17-27/h5,7-17,30H,2-4,6,18,27H2,1H3,(H,29,31)/b14-13-,20-17+. The van der Waals surface area contributed by atoms with Crippen molar-refractivity contribution >= 4 is 34.7 Å². The number of hydrogen-bond donors (Lipinski definition) is 3. The highest BCUT2D eigenvalue weighted by molar-refractivity contribution is 6.03. The number of aliphatic imine (C=N–C) groups is 2. The van der Waals surface area contributed by atoms with E-state index in [0.717, 1.165) is 40.7 Å². The zero-order chi connectivity index (χ0) is 22.1. The van der Waals surface area contributed by atoms with Crippen LogP contribution in [0.1, 0.15) is 30.2 Å². The molecule has 1 aromatic heterocycles. The van der Waals surface area contributed by atoms with Gasteiger partial charge in [0.1, 0.15) is 5.84 Å². The highest BCUT2D eigenvalue weighted by atomic mass is 15.0. The van der Waals surface area contributed by atoms with Gasteiger partial charge in [0.2, 0.25) is 0 Å². The molecule has 0 radical (unpaired) electrons. The molecule has 0 amide bonds. The van der Waals surface area contributed by atoms with Gasteiger partial charge in [0.25, 0.3) is 0 Å². The first-order chi connectivity index (χ1) is 15.2. The second-order valence-corrected chi connectivity index (χ2v) is 7.19. The summed E-state index contributed by atoms with van der Waals surface area (Å²) in [5, 5.41) is 4.57. The van der Waals surface area contributed by atoms with Crippen molar-refractivity contribution in [2.24, 2.45) is 15.7 Å². The van der Waals surface area contributed by atoms with Gasteiger partial charge in [-0.2, -0.15) is 0 Å². The van der Waals surface area contributed by atoms with E-state index in [4.69, 9.17) is 10.7 Å². The fourth-order valence-corrected chi connectivity index (χ4v) is 3.35. The Morgan fingerprint density at radius 1 is 1.16 bits per heavy atom. The Morgan fingerprint density at radius 3 is 2.65 bits per heavy atom. The van der Waals surface area contributed by atoms with Crippen LogP contribution < -0.4 is 11.1 Å². The molecule has 158 valence electrons. The van der Waals surface area contributed by atoms with Crippen molar-refractivity contribution in [1.82, 2.24) is 4.98 Å². The quantitative estimate of drug-likeness (QED) is 0.235. The molecule has 0 saturated carbocycles. The molecule has 0 spiro atoms. The van der Waals surface area contributed by atoms with E-state index >= 15 is 0 Å². The number of H-pyrrole nitrogens is 1. The Balaban J connectivity index is 1.77. The van der Waals surface area contributed by atoms with E-state index in [-0.39, 0.29) is 0 Å². The van der Waals surface area contributed by atoms with Gasteiger partial charge in [-0.15, -0.1) is 0 Å². The van der Waals surface area contributed by atoms with Gasteiger partial charge in [0.15, 0.2) is 0 Å². The molecular formula is C26H29N5. The number of nitrogens with two attached hydrogens (primary N) is 1. The van der Waals surface area contributed by atoms with Crippen molar-refractivity contribution in [2.45, 2.75) is 26.3 Å². The summed E-state index contributed by atoms with van der Waals surface area (Å²) in [6.07, 6.45) is 8.90. The van der Waals surface area contributed by atoms with E-state index in [2.05, 4.69) is 59.8 Å². The van der Waals surface area contributed by atoms with Crippen LogP contribution in [0.25, 0.3) is 16.5 Å². The van der Waals surface area contributed by atoms with E-state index in [1.165, 1.54) is 11.1 Å². The minimum Gasteiger partial charge on any atom is -0.404 e. The van der Waals surface area contributed by atoms with Crippen LogP contribution in [0.5, 0.6) is 0 Å². The lowest BCUT2D eigenvalue weighted by atomic mass is 10.1. The molecular weight excluding hydrogens is 382 g/mol. The number of aromatic amines is 1. The highest BCUT2D eigenvalue weighted by Gasteiger charge is 2.03. The molecule has 3 aromatic rings. The van der Waals surface area contributed by atoms with Crippen LogP contribution in [0.4, 0.5) is 5.69 Å². The molecule has 0 aliphatic heterocycles. The van der Waals surface area contributed by atoms with Gasteiger partial charge in [-0.25, -0.2) is 0 Å². The molecule has 4 N–H and O–H groups in total. The second kappa shape index (κ2) is 10.8. The van der Waals surface area contributed by atoms with Crippen LogP contribution >= 0.6 is 0 Å². The van der Waals surface area contributed by atoms with E-state index in [1.54, 1.807) is 18.5 Å². The van der Waals surface area contributed by atoms with Crippen LogP contribution in [-0.2, 0) is 13.0 Å². The molecule has 1 heterocycles. The smallest absolute Gasteiger partial charge is 0.127 e. The first kappa shape index (κ1) is 21.8. The molecule has 5 nitrogen and oxygen atoms in total. The minimum absolute atomic E-state index is 0.552. The number of nitrogens with one attached hydrogen (secondary N) is 2. The predicted molar refractivity (Wildman–Crippen MR) is 135 cm³/mol. The summed E-state index contributed by atoms with van der Waals surface area (Å²) in [7, 11) is 0. The van der Waals surface area contributed by atoms with Crippen molar-refractivity contribution in [1.29, 1.82) is 0 Å². The third-order valence-corrected chi connectivity index (χ3v) is 4.92. The Morgan fingerprint density at radius 2 is 1.97 bits per heavy atom. The fourth-order valence-electron chi connectivity index (χ4n) is 3.35. The molecule has 31 heavy (non-hydrogen) atoms. The van der Waals surface area contributed by atoms with Gasteiger partial charge in [-0.1, -0.05) is 50.3 Å². The minimum atomic E-state index is 0.552. The fraction of sp³-hybridized carbons (Fsp3) is 0.154. The number of benzene rings is 2. The summed E-state index contributed by atoms with van der Waals surface area (Å²) in [6, 6.07) is 16.6. The molecule has 0 bridgehead atoms. The number of fused-ring (bicyclic) bond motifs is 1. The summed E-state index contributed by atoms with van der Waals surface area (Å²) in [5.74, 6) is 0.705. The third kappa shape index (κ3) is 5.82. The number of rotatable bonds is 9. The maximum Gasteiger partial charge on any atom is 0.127 e. The molecule has 0 aliphatic rings. The zero-order valence-corrected chi connectivity index (χ0v) is 17.9. The Kier molecular flexibility index (Phi) is 7.60. The first-order valence-electron chi connectivity index (χ1n) is 10.4. The van der Waals surface area contributed by atoms with Crippen LogP contribution in [0.15, 0.2) is 89.6 Å². The second-order valence-electron chi connectivity index (χ2n) is 7.19. The summed E-state index contributed by atoms with van der Waals surface area (Å²) in [4.78, 5) is 12.0. The lowest BCUT2D eigenvalue weighted by molar-refractivity contribution is 0.896. The Hall–Kier alpha value is -3.86. The number of nitrogens with zero attached hydrogens (tertiary/aromatic N) is 2. The SMILES string of the molecule is C=C/C(=C\N)c1ccc(NC(/C=C\N=C)=N/Cc2ccc3cc(CCC)[nH]c3c2)cc1. The van der Waals surface area contributed by atoms with Crippen LogP contribution in [0.2, 0.25) is 0 Å². The molecule has 5 heteroatoms. The Bertz CT molecular complexity index is 1130. The highest BCUT2D eigenvalue weighted by Crippen LogP contribution is 2.20. The summed E-state index contributed by atoms with van der Waals surface area (Å²) >= 11 is 0. The maximum absolute atomic E-state index is 5.64. The van der Waals surface area contributed by atoms with Crippen molar-refractivity contribution < 1.29 is 0 Å². The molecule has 0 fully saturated rings. The number of hydrogen-bond acceptors (Lipinski definition) is 3. The topological polar surface area (TPSA) is 78.6 Å². The molecule has 3 rings (SSSR count). The van der Waals surface area contributed by atoms with Gasteiger partial charge in [-0.05, 0) is 65.6 Å². The van der Waals surface area contributed by atoms with Crippen molar-refractivity contribution in [3.05, 3.63) is 96.5 Å². The van der Waals surface area contributed by atoms with Gasteiger partial charge >= 0.3 is 0 Å². The summed E-state index contributed by atoms with van der Waals surface area (Å²) in [6.45, 7) is 10.0. The molecule has 0 unspecified atom stereocenters. The molecule has 0 aliphatic carbocycles. The lowest BCUT2D eigenvalue weighted by Crippen LogP contribution is -2.09. The largest absolute Gasteiger partial charge is 0.404 e. The van der Waals surface area contributed by atoms with Crippen LogP contribution in [0, 0.1) is 0 Å². The molecule has 0 atom stereocenters. The summed E-state index contributed by atoms with van der Waals surface area (Å²) < 4.78 is 0. The van der Waals surface area contributed by atoms with Gasteiger partial charge in [0.05, 0.1) is 6.54 Å². The first-order valence-corrected chi connectivity index (χ1v) is 10.4. The zero-order valence-electron chi connectivity index (χ0n) is 17.9. The van der Waals surface area contributed by atoms with Crippen molar-refractivity contribution in [3.8, 4) is 0 Å². The molecule has 2 aromatic carbocycles. The number of amidine groups is 1. The monoisotopic (exact) mass is 411 g/mol. The van der Waals surface area contributed by atoms with Gasteiger partial charge in [-0.3, -0.25) is 9.98 Å². The average Bonchev–Trinajstić information content (AvgIpc) is 3.19. The van der Waals surface area contributed by atoms with Crippen LogP contribution in [-0.4, -0.2) is 17.5 Å². The number of anilines is 1. The predicted octanol–water partition coefficient (Wildman–Crippen LogP) is 5.83. The number of allylic oxidation sites excluding steroid dienone is 2. The van der Waals surface area contributed by atoms with Crippen molar-refractivity contribution in [3.63, 3.8) is 0 Å². The average molecular weight is 412 g/mol. The van der Waals surface area contributed by atoms with Crippen LogP contribution in [0.3, 0.4) is 0 Å². The number of aryl methyl sites for hydroxylation is 1. The molecule has 0 saturated heterocycles. The van der Waals surface area contributed by atoms with E-state index < -0.39 is 0 Å². The lowest BCUT2D eigenvalue weighted by Gasteiger charge is -2.08. The Labute approximate surface area is 183 Å². The van der Waals surface area contributed by atoms with E-state index in [1.807, 2.05) is 30.3 Å². The normalized spacial score (nSPS) is 12.4. The van der Waals surface area contributed by atoms with Crippen molar-refractivity contribution in [2.75, 3.05) is 5.32 Å². The van der Waals surface area contributed by atoms with Gasteiger partial charge in [0, 0.05) is 29.3 Å². The number of aromatic nitrogens is 1.